The molecule has 1 saturated heterocycles. The molecule has 0 unspecified atom stereocenters. The number of benzene rings is 1. The predicted octanol–water partition coefficient (Wildman–Crippen LogP) is 2.54. The number of nitrogens with one attached hydrogen (secondary N) is 1. The van der Waals surface area contributed by atoms with Crippen LogP contribution in [0.4, 0.5) is 4.39 Å². The standard InChI is InChI=1S/C15H17ClFNO4/c16-11-4-3-9(8-12(11)17)14-10(5-7-22-14)15(21)18-6-1-2-13(19)20/h3-4,8,10,14H,1-2,5-7H2,(H,18,21)(H,19,20)/t10-,14+/m1/s1. The fourth-order valence-electron chi connectivity index (χ4n) is 2.46. The van der Waals surface area contributed by atoms with Crippen molar-refractivity contribution in [1.82, 2.24) is 5.32 Å². The molecule has 0 bridgehead atoms. The van der Waals surface area contributed by atoms with Gasteiger partial charge in [0.25, 0.3) is 0 Å². The monoisotopic (exact) mass is 329 g/mol. The molecule has 2 atom stereocenters. The van der Waals surface area contributed by atoms with Gasteiger partial charge in [-0.25, -0.2) is 4.39 Å². The van der Waals surface area contributed by atoms with Crippen LogP contribution in [0.25, 0.3) is 0 Å². The molecule has 1 aromatic rings. The summed E-state index contributed by atoms with van der Waals surface area (Å²) >= 11 is 5.65. The third-order valence-electron chi connectivity index (χ3n) is 3.57. The van der Waals surface area contributed by atoms with Crippen molar-refractivity contribution in [2.24, 2.45) is 5.92 Å². The van der Waals surface area contributed by atoms with Gasteiger partial charge in [-0.05, 0) is 30.5 Å². The van der Waals surface area contributed by atoms with Gasteiger partial charge in [-0.2, -0.15) is 0 Å². The van der Waals surface area contributed by atoms with E-state index in [-0.39, 0.29) is 17.4 Å². The second kappa shape index (κ2) is 7.56. The van der Waals surface area contributed by atoms with Crippen molar-refractivity contribution in [3.05, 3.63) is 34.6 Å². The van der Waals surface area contributed by atoms with Crippen LogP contribution >= 0.6 is 11.6 Å². The molecule has 22 heavy (non-hydrogen) atoms. The van der Waals surface area contributed by atoms with E-state index in [1.54, 1.807) is 6.07 Å². The first-order valence-electron chi connectivity index (χ1n) is 7.05. The highest BCUT2D eigenvalue weighted by Gasteiger charge is 2.35. The number of carboxylic acid groups (broad SMARTS) is 1. The first-order chi connectivity index (χ1) is 10.5. The molecule has 1 aliphatic rings. The molecule has 1 amide bonds. The molecule has 2 rings (SSSR count). The summed E-state index contributed by atoms with van der Waals surface area (Å²) < 4.78 is 19.1. The van der Waals surface area contributed by atoms with E-state index in [0.29, 0.717) is 31.6 Å². The molecular formula is C15H17ClFNO4. The minimum absolute atomic E-state index is 0.00721. The van der Waals surface area contributed by atoms with Crippen molar-refractivity contribution in [2.45, 2.75) is 25.4 Å². The molecule has 0 spiro atoms. The van der Waals surface area contributed by atoms with E-state index in [2.05, 4.69) is 5.32 Å². The zero-order valence-corrected chi connectivity index (χ0v) is 12.6. The summed E-state index contributed by atoms with van der Waals surface area (Å²) in [6, 6.07) is 4.37. The van der Waals surface area contributed by atoms with E-state index >= 15 is 0 Å². The van der Waals surface area contributed by atoms with E-state index in [1.807, 2.05) is 0 Å². The Morgan fingerprint density at radius 1 is 1.45 bits per heavy atom. The third-order valence-corrected chi connectivity index (χ3v) is 3.87. The molecule has 5 nitrogen and oxygen atoms in total. The lowest BCUT2D eigenvalue weighted by atomic mass is 9.94. The van der Waals surface area contributed by atoms with Gasteiger partial charge in [0, 0.05) is 19.6 Å². The van der Waals surface area contributed by atoms with Gasteiger partial charge in [-0.15, -0.1) is 0 Å². The number of ether oxygens (including phenoxy) is 1. The summed E-state index contributed by atoms with van der Waals surface area (Å²) in [5.41, 5.74) is 0.574. The quantitative estimate of drug-likeness (QED) is 0.786. The Morgan fingerprint density at radius 3 is 2.91 bits per heavy atom. The van der Waals surface area contributed by atoms with Crippen LogP contribution in [-0.2, 0) is 14.3 Å². The number of carbonyl (C=O) groups is 2. The van der Waals surface area contributed by atoms with E-state index in [1.165, 1.54) is 12.1 Å². The molecule has 1 aromatic carbocycles. The van der Waals surface area contributed by atoms with Crippen LogP contribution in [0.5, 0.6) is 0 Å². The molecular weight excluding hydrogens is 313 g/mol. The van der Waals surface area contributed by atoms with Gasteiger partial charge in [0.05, 0.1) is 17.0 Å². The number of carboxylic acids is 1. The summed E-state index contributed by atoms with van der Waals surface area (Å²) in [6.45, 7) is 0.714. The van der Waals surface area contributed by atoms with Gasteiger partial charge < -0.3 is 15.2 Å². The normalized spacial score (nSPS) is 20.8. The van der Waals surface area contributed by atoms with E-state index in [9.17, 15) is 14.0 Å². The van der Waals surface area contributed by atoms with Crippen molar-refractivity contribution >= 4 is 23.5 Å². The topological polar surface area (TPSA) is 75.6 Å². The number of amides is 1. The fourth-order valence-corrected chi connectivity index (χ4v) is 2.58. The summed E-state index contributed by atoms with van der Waals surface area (Å²) in [5.74, 6) is -2.06. The average Bonchev–Trinajstić information content (AvgIpc) is 2.95. The van der Waals surface area contributed by atoms with Gasteiger partial charge in [-0.3, -0.25) is 9.59 Å². The number of rotatable bonds is 6. The van der Waals surface area contributed by atoms with Crippen molar-refractivity contribution in [1.29, 1.82) is 0 Å². The molecule has 1 aliphatic heterocycles. The summed E-state index contributed by atoms with van der Waals surface area (Å²) in [7, 11) is 0. The lowest BCUT2D eigenvalue weighted by Gasteiger charge is -2.18. The second-order valence-corrected chi connectivity index (χ2v) is 5.56. The number of hydrogen-bond acceptors (Lipinski definition) is 3. The first kappa shape index (κ1) is 16.7. The smallest absolute Gasteiger partial charge is 0.303 e. The Labute approximate surface area is 132 Å². The summed E-state index contributed by atoms with van der Waals surface area (Å²) in [5, 5.41) is 11.3. The molecule has 0 saturated carbocycles. The molecule has 0 radical (unpaired) electrons. The van der Waals surface area contributed by atoms with Crippen LogP contribution in [0.1, 0.15) is 30.9 Å². The predicted molar refractivity (Wildman–Crippen MR) is 78.1 cm³/mol. The molecule has 1 fully saturated rings. The first-order valence-corrected chi connectivity index (χ1v) is 7.43. The average molecular weight is 330 g/mol. The van der Waals surface area contributed by atoms with Gasteiger partial charge in [0.15, 0.2) is 0 Å². The molecule has 0 aromatic heterocycles. The Hall–Kier alpha value is -1.66. The zero-order chi connectivity index (χ0) is 16.1. The van der Waals surface area contributed by atoms with E-state index < -0.39 is 23.8 Å². The van der Waals surface area contributed by atoms with Crippen molar-refractivity contribution in [2.75, 3.05) is 13.2 Å². The number of carbonyl (C=O) groups excluding carboxylic acids is 1. The van der Waals surface area contributed by atoms with Crippen LogP contribution in [0.15, 0.2) is 18.2 Å². The Kier molecular flexibility index (Phi) is 5.74. The highest BCUT2D eigenvalue weighted by Crippen LogP contribution is 2.35. The third kappa shape index (κ3) is 4.18. The van der Waals surface area contributed by atoms with Crippen molar-refractivity contribution < 1.29 is 23.8 Å². The number of halogens is 2. The zero-order valence-electron chi connectivity index (χ0n) is 11.9. The largest absolute Gasteiger partial charge is 0.481 e. The minimum Gasteiger partial charge on any atom is -0.481 e. The maximum absolute atomic E-state index is 13.5. The SMILES string of the molecule is O=C(O)CCCNC(=O)[C@@H]1CCO[C@H]1c1ccc(Cl)c(F)c1. The van der Waals surface area contributed by atoms with Crippen LogP contribution in [0.3, 0.4) is 0 Å². The number of hydrogen-bond donors (Lipinski definition) is 2. The van der Waals surface area contributed by atoms with Crippen LogP contribution in [-0.4, -0.2) is 30.1 Å². The lowest BCUT2D eigenvalue weighted by molar-refractivity contribution is -0.137. The maximum Gasteiger partial charge on any atom is 0.303 e. The summed E-state index contributed by atoms with van der Waals surface area (Å²) in [4.78, 5) is 22.6. The van der Waals surface area contributed by atoms with E-state index in [4.69, 9.17) is 21.4 Å². The molecule has 120 valence electrons. The van der Waals surface area contributed by atoms with Gasteiger partial charge >= 0.3 is 5.97 Å². The van der Waals surface area contributed by atoms with Gasteiger partial charge in [0.1, 0.15) is 5.82 Å². The summed E-state index contributed by atoms with van der Waals surface area (Å²) in [6.07, 6.45) is 0.410. The minimum atomic E-state index is -0.895. The van der Waals surface area contributed by atoms with Crippen molar-refractivity contribution in [3.63, 3.8) is 0 Å². The highest BCUT2D eigenvalue weighted by atomic mass is 35.5. The van der Waals surface area contributed by atoms with Gasteiger partial charge in [-0.1, -0.05) is 17.7 Å². The maximum atomic E-state index is 13.5. The molecule has 1 heterocycles. The van der Waals surface area contributed by atoms with Crippen LogP contribution < -0.4 is 5.32 Å². The van der Waals surface area contributed by atoms with E-state index in [0.717, 1.165) is 0 Å². The highest BCUT2D eigenvalue weighted by molar-refractivity contribution is 6.30. The Morgan fingerprint density at radius 2 is 2.23 bits per heavy atom. The molecule has 0 aliphatic carbocycles. The molecule has 2 N–H and O–H groups in total. The lowest BCUT2D eigenvalue weighted by Crippen LogP contribution is -2.33. The van der Waals surface area contributed by atoms with Gasteiger partial charge in [0.2, 0.25) is 5.91 Å². The number of aliphatic carboxylic acids is 1. The Bertz CT molecular complexity index is 566. The Balaban J connectivity index is 1.96. The molecule has 7 heteroatoms. The van der Waals surface area contributed by atoms with Crippen LogP contribution in [0.2, 0.25) is 5.02 Å². The van der Waals surface area contributed by atoms with Crippen molar-refractivity contribution in [3.8, 4) is 0 Å². The fraction of sp³-hybridized carbons (Fsp3) is 0.467. The second-order valence-electron chi connectivity index (χ2n) is 5.15. The van der Waals surface area contributed by atoms with Crippen LogP contribution in [0, 0.1) is 11.7 Å².